The molecule has 5 N–H and O–H groups in total. The Morgan fingerprint density at radius 1 is 1.50 bits per heavy atom. The van der Waals surface area contributed by atoms with E-state index in [1.165, 1.54) is 20.0 Å². The van der Waals surface area contributed by atoms with E-state index in [0.29, 0.717) is 11.8 Å². The Bertz CT molecular complexity index is 595. The Morgan fingerprint density at radius 3 is 2.50 bits per heavy atom. The van der Waals surface area contributed by atoms with Gasteiger partial charge < -0.3 is 15.5 Å². The minimum absolute atomic E-state index is 0.0928. The number of nitrogens with one attached hydrogen (secondary N) is 1. The van der Waals surface area contributed by atoms with Crippen molar-refractivity contribution in [3.63, 3.8) is 0 Å². The second kappa shape index (κ2) is 5.91. The summed E-state index contributed by atoms with van der Waals surface area (Å²) in [6, 6.07) is -1.04. The van der Waals surface area contributed by atoms with Crippen molar-refractivity contribution in [3.05, 3.63) is 10.3 Å². The minimum atomic E-state index is -4.07. The van der Waals surface area contributed by atoms with E-state index in [4.69, 9.17) is 5.14 Å². The zero-order valence-electron chi connectivity index (χ0n) is 11.0. The normalized spacial score (nSPS) is 30.8. The third-order valence-electron chi connectivity index (χ3n) is 2.91. The molecule has 20 heavy (non-hydrogen) atoms. The van der Waals surface area contributed by atoms with Gasteiger partial charge in [0.1, 0.15) is 14.6 Å². The Kier molecular flexibility index (Phi) is 5.28. The van der Waals surface area contributed by atoms with Gasteiger partial charge in [0, 0.05) is 0 Å². The van der Waals surface area contributed by atoms with E-state index in [1.807, 2.05) is 0 Å². The van der Waals surface area contributed by atoms with Crippen LogP contribution in [0.15, 0.2) is 10.3 Å². The first-order valence-electron chi connectivity index (χ1n) is 5.63. The van der Waals surface area contributed by atoms with E-state index >= 15 is 0 Å². The molecule has 0 aliphatic carbocycles. The summed E-state index contributed by atoms with van der Waals surface area (Å²) in [4.78, 5) is 0. The zero-order valence-corrected chi connectivity index (χ0v) is 13.4. The van der Waals surface area contributed by atoms with Crippen LogP contribution in [-0.4, -0.2) is 56.3 Å². The molecule has 0 fully saturated rings. The highest BCUT2D eigenvalue weighted by Gasteiger charge is 2.42. The average Bonchev–Trinajstić information content (AvgIpc) is 2.26. The molecule has 1 rings (SSSR count). The Labute approximate surface area is 122 Å². The van der Waals surface area contributed by atoms with Crippen LogP contribution >= 0.6 is 11.8 Å². The lowest BCUT2D eigenvalue weighted by Crippen LogP contribution is -2.54. The van der Waals surface area contributed by atoms with Gasteiger partial charge in [0.25, 0.3) is 0 Å². The topological polar surface area (TPSA) is 147 Å². The van der Waals surface area contributed by atoms with Crippen LogP contribution in [0, 0.1) is 0 Å². The van der Waals surface area contributed by atoms with Gasteiger partial charge in [-0.25, -0.2) is 22.0 Å². The first-order chi connectivity index (χ1) is 8.90. The van der Waals surface area contributed by atoms with Gasteiger partial charge in [-0.1, -0.05) is 17.8 Å². The summed E-state index contributed by atoms with van der Waals surface area (Å²) in [5.74, 6) is -3.40. The van der Waals surface area contributed by atoms with Crippen molar-refractivity contribution in [2.45, 2.75) is 29.8 Å². The van der Waals surface area contributed by atoms with Crippen molar-refractivity contribution in [3.8, 4) is 0 Å². The van der Waals surface area contributed by atoms with E-state index in [1.54, 1.807) is 0 Å². The molecule has 0 saturated carbocycles. The molecule has 0 bridgehead atoms. The van der Waals surface area contributed by atoms with Crippen molar-refractivity contribution >= 4 is 31.6 Å². The number of primary sulfonamides is 1. The van der Waals surface area contributed by atoms with Crippen molar-refractivity contribution in [2.75, 3.05) is 12.8 Å². The maximum atomic E-state index is 12.0. The third-order valence-corrected chi connectivity index (χ3v) is 8.36. The predicted molar refractivity (Wildman–Crippen MR) is 76.7 cm³/mol. The number of nitrogens with two attached hydrogens (primary N) is 1. The van der Waals surface area contributed by atoms with E-state index < -0.39 is 42.0 Å². The molecule has 0 amide bonds. The summed E-state index contributed by atoms with van der Waals surface area (Å²) in [7, 11) is -6.58. The standard InChI is InChI=1S/C9H18N2O6S3/c1-6-18-8(20(10,16)17)4-3-7(11-2)9(12,13)5-19(6,14)15/h4,6-7,11-13H,3,5H2,1-2H3,(H2,10,16,17). The fraction of sp³-hybridized carbons (Fsp3) is 0.778. The molecule has 0 aromatic heterocycles. The molecule has 0 saturated heterocycles. The van der Waals surface area contributed by atoms with Crippen LogP contribution < -0.4 is 10.5 Å². The number of hydrogen-bond acceptors (Lipinski definition) is 8. The highest BCUT2D eigenvalue weighted by atomic mass is 32.3. The summed E-state index contributed by atoms with van der Waals surface area (Å²) >= 11 is 0.571. The van der Waals surface area contributed by atoms with Crippen molar-refractivity contribution < 1.29 is 27.0 Å². The van der Waals surface area contributed by atoms with Gasteiger partial charge in [0.2, 0.25) is 10.0 Å². The number of likely N-dealkylation sites (N-methyl/N-ethyl adjacent to an activating group) is 1. The fourth-order valence-electron chi connectivity index (χ4n) is 1.73. The summed E-state index contributed by atoms with van der Waals surface area (Å²) in [6.45, 7) is 1.27. The second-order valence-corrected chi connectivity index (χ2v) is 10.3. The maximum absolute atomic E-state index is 12.0. The number of hydrogen-bond donors (Lipinski definition) is 4. The van der Waals surface area contributed by atoms with Crippen LogP contribution in [0.25, 0.3) is 0 Å². The second-order valence-electron chi connectivity index (χ2n) is 4.52. The highest BCUT2D eigenvalue weighted by Crippen LogP contribution is 2.33. The highest BCUT2D eigenvalue weighted by molar-refractivity contribution is 8.23. The molecule has 8 nitrogen and oxygen atoms in total. The van der Waals surface area contributed by atoms with E-state index in [0.717, 1.165) is 0 Å². The number of sulfonamides is 1. The quantitative estimate of drug-likeness (QED) is 0.432. The van der Waals surface area contributed by atoms with E-state index in [9.17, 15) is 27.0 Å². The molecular weight excluding hydrogens is 328 g/mol. The van der Waals surface area contributed by atoms with E-state index in [2.05, 4.69) is 5.32 Å². The van der Waals surface area contributed by atoms with Gasteiger partial charge >= 0.3 is 0 Å². The Balaban J connectivity index is 3.35. The molecule has 2 unspecified atom stereocenters. The first kappa shape index (κ1) is 17.9. The molecule has 0 spiro atoms. The lowest BCUT2D eigenvalue weighted by atomic mass is 10.1. The zero-order chi connectivity index (χ0) is 15.8. The van der Waals surface area contributed by atoms with Gasteiger partial charge in [0.15, 0.2) is 15.6 Å². The van der Waals surface area contributed by atoms with Gasteiger partial charge in [-0.3, -0.25) is 0 Å². The van der Waals surface area contributed by atoms with Crippen molar-refractivity contribution in [2.24, 2.45) is 5.14 Å². The SMILES string of the molecule is CNC1CC=C(S(N)(=O)=O)SC(C)S(=O)(=O)CC1(O)O. The van der Waals surface area contributed by atoms with Crippen LogP contribution in [0.4, 0.5) is 0 Å². The fourth-order valence-corrected chi connectivity index (χ4v) is 5.86. The number of thioether (sulfide) groups is 1. The first-order valence-corrected chi connectivity index (χ1v) is 9.77. The summed E-state index contributed by atoms with van der Waals surface area (Å²) in [5.41, 5.74) is 0. The lowest BCUT2D eigenvalue weighted by Gasteiger charge is -2.30. The van der Waals surface area contributed by atoms with Crippen molar-refractivity contribution in [1.82, 2.24) is 5.32 Å². The maximum Gasteiger partial charge on any atom is 0.243 e. The smallest absolute Gasteiger partial charge is 0.243 e. The summed E-state index contributed by atoms with van der Waals surface area (Å²) in [5, 5.41) is 27.4. The molecule has 1 heterocycles. The van der Waals surface area contributed by atoms with Gasteiger partial charge in [-0.15, -0.1) is 0 Å². The number of sulfone groups is 1. The largest absolute Gasteiger partial charge is 0.364 e. The predicted octanol–water partition coefficient (Wildman–Crippen LogP) is -1.72. The van der Waals surface area contributed by atoms with Crippen LogP contribution in [-0.2, 0) is 19.9 Å². The average molecular weight is 346 g/mol. The Hall–Kier alpha value is -0.170. The van der Waals surface area contributed by atoms with Gasteiger partial charge in [-0.2, -0.15) is 0 Å². The van der Waals surface area contributed by atoms with Crippen LogP contribution in [0.2, 0.25) is 0 Å². The molecule has 1 aliphatic rings. The molecular formula is C9H18N2O6S3. The Morgan fingerprint density at radius 2 is 2.05 bits per heavy atom. The van der Waals surface area contributed by atoms with Crippen LogP contribution in [0.1, 0.15) is 13.3 Å². The number of rotatable bonds is 2. The number of aliphatic hydroxyl groups is 2. The monoisotopic (exact) mass is 346 g/mol. The van der Waals surface area contributed by atoms with Crippen LogP contribution in [0.3, 0.4) is 0 Å². The molecule has 0 radical (unpaired) electrons. The van der Waals surface area contributed by atoms with Gasteiger partial charge in [-0.05, 0) is 20.4 Å². The van der Waals surface area contributed by atoms with Crippen molar-refractivity contribution in [1.29, 1.82) is 0 Å². The lowest BCUT2D eigenvalue weighted by molar-refractivity contribution is -0.162. The molecule has 1 aliphatic heterocycles. The molecule has 0 aromatic carbocycles. The molecule has 11 heteroatoms. The summed E-state index contributed by atoms with van der Waals surface area (Å²) < 4.78 is 45.4. The van der Waals surface area contributed by atoms with E-state index in [-0.39, 0.29) is 10.7 Å². The van der Waals surface area contributed by atoms with Gasteiger partial charge in [0.05, 0.1) is 6.04 Å². The van der Waals surface area contributed by atoms with Crippen LogP contribution in [0.5, 0.6) is 0 Å². The minimum Gasteiger partial charge on any atom is -0.364 e. The molecule has 2 atom stereocenters. The third kappa shape index (κ3) is 4.16. The molecule has 118 valence electrons. The molecule has 0 aromatic rings. The summed E-state index contributed by atoms with van der Waals surface area (Å²) in [6.07, 6.45) is 1.10.